The van der Waals surface area contributed by atoms with Crippen molar-refractivity contribution in [2.24, 2.45) is 0 Å². The second kappa shape index (κ2) is 8.43. The fraction of sp³-hybridized carbons (Fsp3) is 0.529. The number of thiophene rings is 1. The Balaban J connectivity index is 1.58. The number of aromatic nitrogens is 2. The summed E-state index contributed by atoms with van der Waals surface area (Å²) in [5.74, 6) is 0. The lowest BCUT2D eigenvalue weighted by atomic mass is 9.94. The highest BCUT2D eigenvalue weighted by Crippen LogP contribution is 2.28. The van der Waals surface area contributed by atoms with Gasteiger partial charge in [0, 0.05) is 25.2 Å². The minimum atomic E-state index is -3.54. The van der Waals surface area contributed by atoms with Gasteiger partial charge in [0.2, 0.25) is 10.0 Å². The van der Waals surface area contributed by atoms with Gasteiger partial charge in [-0.15, -0.1) is 11.3 Å². The predicted octanol–water partition coefficient (Wildman–Crippen LogP) is 2.04. The number of hydrogen-bond donors (Lipinski definition) is 2. The topological polar surface area (TPSA) is 95.2 Å². The van der Waals surface area contributed by atoms with Gasteiger partial charge >= 0.3 is 0 Å². The Hall–Kier alpha value is -1.55. The van der Waals surface area contributed by atoms with Crippen molar-refractivity contribution in [1.29, 1.82) is 0 Å². The molecule has 1 saturated carbocycles. The summed E-state index contributed by atoms with van der Waals surface area (Å²) < 4.78 is 27.9. The van der Waals surface area contributed by atoms with Crippen molar-refractivity contribution in [3.63, 3.8) is 0 Å². The van der Waals surface area contributed by atoms with Crippen LogP contribution in [0.25, 0.3) is 10.6 Å². The molecule has 3 rings (SSSR count). The van der Waals surface area contributed by atoms with Gasteiger partial charge in [-0.25, -0.2) is 18.2 Å². The Morgan fingerprint density at radius 3 is 2.69 bits per heavy atom. The van der Waals surface area contributed by atoms with Crippen molar-refractivity contribution < 1.29 is 8.42 Å². The third-order valence-electron chi connectivity index (χ3n) is 4.73. The van der Waals surface area contributed by atoms with Crippen molar-refractivity contribution >= 4 is 21.4 Å². The minimum Gasteiger partial charge on any atom is -0.302 e. The van der Waals surface area contributed by atoms with Crippen LogP contribution in [0.1, 0.15) is 32.1 Å². The second-order valence-electron chi connectivity index (χ2n) is 6.60. The molecule has 0 saturated heterocycles. The number of likely N-dealkylation sites (N-methyl/N-ethyl adjacent to an activating group) is 1. The SMILES string of the molecule is CN(CCNS(=O)(=O)c1ccc(-c2ccc(=O)[nH]n2)s1)C1CCCCC1. The van der Waals surface area contributed by atoms with E-state index < -0.39 is 10.0 Å². The van der Waals surface area contributed by atoms with Crippen molar-refractivity contribution in [1.82, 2.24) is 19.8 Å². The van der Waals surface area contributed by atoms with Crippen molar-refractivity contribution in [2.45, 2.75) is 42.4 Å². The molecule has 0 spiro atoms. The smallest absolute Gasteiger partial charge is 0.264 e. The van der Waals surface area contributed by atoms with Crippen LogP contribution in [0.3, 0.4) is 0 Å². The summed E-state index contributed by atoms with van der Waals surface area (Å²) in [7, 11) is -1.47. The number of nitrogens with one attached hydrogen (secondary N) is 2. The van der Waals surface area contributed by atoms with E-state index in [1.165, 1.54) is 38.2 Å². The molecule has 2 heterocycles. The zero-order chi connectivity index (χ0) is 18.6. The molecule has 0 unspecified atom stereocenters. The molecule has 26 heavy (non-hydrogen) atoms. The molecule has 2 aromatic heterocycles. The highest BCUT2D eigenvalue weighted by molar-refractivity contribution is 7.91. The molecule has 0 amide bonds. The van der Waals surface area contributed by atoms with E-state index in [0.29, 0.717) is 29.7 Å². The van der Waals surface area contributed by atoms with Gasteiger partial charge in [-0.1, -0.05) is 19.3 Å². The third-order valence-corrected chi connectivity index (χ3v) is 7.79. The first-order valence-corrected chi connectivity index (χ1v) is 11.1. The van der Waals surface area contributed by atoms with E-state index in [1.807, 2.05) is 0 Å². The summed E-state index contributed by atoms with van der Waals surface area (Å²) in [5.41, 5.74) is 0.259. The average molecular weight is 397 g/mol. The van der Waals surface area contributed by atoms with Gasteiger partial charge in [0.25, 0.3) is 5.56 Å². The van der Waals surface area contributed by atoms with Crippen LogP contribution in [-0.2, 0) is 10.0 Å². The molecule has 7 nitrogen and oxygen atoms in total. The summed E-state index contributed by atoms with van der Waals surface area (Å²) in [6.07, 6.45) is 6.23. The molecular formula is C17H24N4O3S2. The van der Waals surface area contributed by atoms with E-state index in [4.69, 9.17) is 0 Å². The maximum atomic E-state index is 12.5. The largest absolute Gasteiger partial charge is 0.302 e. The molecule has 2 N–H and O–H groups in total. The molecule has 1 fully saturated rings. The molecule has 142 valence electrons. The van der Waals surface area contributed by atoms with E-state index in [9.17, 15) is 13.2 Å². The van der Waals surface area contributed by atoms with Gasteiger partial charge in [-0.3, -0.25) is 4.79 Å². The van der Waals surface area contributed by atoms with E-state index in [2.05, 4.69) is 26.9 Å². The summed E-state index contributed by atoms with van der Waals surface area (Å²) in [4.78, 5) is 14.0. The molecule has 0 radical (unpaired) electrons. The van der Waals surface area contributed by atoms with Gasteiger partial charge in [-0.05, 0) is 38.1 Å². The normalized spacial score (nSPS) is 16.2. The molecule has 1 aliphatic carbocycles. The van der Waals surface area contributed by atoms with Gasteiger partial charge in [0.05, 0.1) is 4.88 Å². The van der Waals surface area contributed by atoms with Crippen LogP contribution < -0.4 is 10.3 Å². The van der Waals surface area contributed by atoms with Gasteiger partial charge in [0.15, 0.2) is 0 Å². The first-order valence-electron chi connectivity index (χ1n) is 8.81. The van der Waals surface area contributed by atoms with Crippen molar-refractivity contribution in [3.05, 3.63) is 34.6 Å². The quantitative estimate of drug-likeness (QED) is 0.747. The van der Waals surface area contributed by atoms with E-state index in [0.717, 1.165) is 11.3 Å². The van der Waals surface area contributed by atoms with Crippen molar-refractivity contribution in [3.8, 4) is 10.6 Å². The number of nitrogens with zero attached hydrogens (tertiary/aromatic N) is 2. The molecule has 0 aromatic carbocycles. The van der Waals surface area contributed by atoms with Crippen molar-refractivity contribution in [2.75, 3.05) is 20.1 Å². The maximum absolute atomic E-state index is 12.5. The summed E-state index contributed by atoms with van der Waals surface area (Å²) >= 11 is 1.14. The fourth-order valence-corrected chi connectivity index (χ4v) is 5.56. The lowest BCUT2D eigenvalue weighted by Gasteiger charge is -2.31. The van der Waals surface area contributed by atoms with Crippen LogP contribution in [0.5, 0.6) is 0 Å². The van der Waals surface area contributed by atoms with Crippen LogP contribution in [0.4, 0.5) is 0 Å². The molecule has 2 aromatic rings. The second-order valence-corrected chi connectivity index (χ2v) is 9.67. The Morgan fingerprint density at radius 1 is 1.23 bits per heavy atom. The third kappa shape index (κ3) is 4.79. The fourth-order valence-electron chi connectivity index (χ4n) is 3.22. The minimum absolute atomic E-state index is 0.251. The van der Waals surface area contributed by atoms with Crippen LogP contribution in [-0.4, -0.2) is 49.7 Å². The highest BCUT2D eigenvalue weighted by Gasteiger charge is 2.20. The van der Waals surface area contributed by atoms with Gasteiger partial charge < -0.3 is 4.90 Å². The summed E-state index contributed by atoms with van der Waals surface area (Å²) in [6.45, 7) is 1.09. The molecule has 1 aliphatic rings. The highest BCUT2D eigenvalue weighted by atomic mass is 32.2. The Labute approximate surface area is 157 Å². The zero-order valence-electron chi connectivity index (χ0n) is 14.8. The van der Waals surface area contributed by atoms with E-state index >= 15 is 0 Å². The number of sulfonamides is 1. The lowest BCUT2D eigenvalue weighted by Crippen LogP contribution is -2.39. The first-order chi connectivity index (χ1) is 12.5. The lowest BCUT2D eigenvalue weighted by molar-refractivity contribution is 0.195. The summed E-state index contributed by atoms with van der Waals surface area (Å²) in [5, 5.41) is 6.29. The molecule has 9 heteroatoms. The number of hydrogen-bond acceptors (Lipinski definition) is 6. The standard InChI is InChI=1S/C17H24N4O3S2/c1-21(13-5-3-2-4-6-13)12-11-18-26(23,24)17-10-8-15(25-17)14-7-9-16(22)20-19-14/h7-10,13,18H,2-6,11-12H2,1H3,(H,20,22). The predicted molar refractivity (Wildman–Crippen MR) is 103 cm³/mol. The molecule has 0 atom stereocenters. The Bertz CT molecular complexity index is 865. The number of aromatic amines is 1. The van der Waals surface area contributed by atoms with Crippen LogP contribution in [0, 0.1) is 0 Å². The molecule has 0 aliphatic heterocycles. The zero-order valence-corrected chi connectivity index (χ0v) is 16.4. The number of rotatable bonds is 7. The number of H-pyrrole nitrogens is 1. The Kier molecular flexibility index (Phi) is 6.23. The summed E-state index contributed by atoms with van der Waals surface area (Å²) in [6, 6.07) is 6.78. The van der Waals surface area contributed by atoms with Gasteiger partial charge in [0.1, 0.15) is 9.90 Å². The van der Waals surface area contributed by atoms with E-state index in [1.54, 1.807) is 18.2 Å². The van der Waals surface area contributed by atoms with Crippen LogP contribution in [0.2, 0.25) is 0 Å². The first kappa shape index (κ1) is 19.2. The van der Waals surface area contributed by atoms with Gasteiger partial charge in [-0.2, -0.15) is 5.10 Å². The van der Waals surface area contributed by atoms with Crippen LogP contribution in [0.15, 0.2) is 33.3 Å². The monoisotopic (exact) mass is 396 g/mol. The van der Waals surface area contributed by atoms with E-state index in [-0.39, 0.29) is 9.77 Å². The van der Waals surface area contributed by atoms with Crippen LogP contribution >= 0.6 is 11.3 Å². The maximum Gasteiger partial charge on any atom is 0.264 e. The molecule has 0 bridgehead atoms. The average Bonchev–Trinajstić information content (AvgIpc) is 3.14. The molecular weight excluding hydrogens is 372 g/mol. The Morgan fingerprint density at radius 2 is 2.00 bits per heavy atom.